The maximum atomic E-state index is 13.2. The van der Waals surface area contributed by atoms with Gasteiger partial charge in [0.1, 0.15) is 11.8 Å². The summed E-state index contributed by atoms with van der Waals surface area (Å²) in [5.41, 5.74) is 0.774. The molecule has 0 fully saturated rings. The number of ether oxygens (including phenoxy) is 1. The van der Waals surface area contributed by atoms with E-state index in [9.17, 15) is 9.59 Å². The average molecular weight is 453 g/mol. The van der Waals surface area contributed by atoms with E-state index in [1.54, 1.807) is 13.0 Å². The van der Waals surface area contributed by atoms with Gasteiger partial charge in [0.05, 0.1) is 0 Å². The maximum absolute atomic E-state index is 13.2. The molecular weight excluding hydrogens is 424 g/mol. The molecule has 3 aromatic carbocycles. The van der Waals surface area contributed by atoms with Crippen LogP contribution in [0.4, 0.5) is 0 Å². The van der Waals surface area contributed by atoms with Crippen LogP contribution in [0.25, 0.3) is 10.8 Å². The van der Waals surface area contributed by atoms with Crippen LogP contribution in [0.5, 0.6) is 5.75 Å². The molecule has 2 amide bonds. The average Bonchev–Trinajstić information content (AvgIpc) is 2.81. The van der Waals surface area contributed by atoms with Crippen molar-refractivity contribution in [1.29, 1.82) is 0 Å². The highest BCUT2D eigenvalue weighted by atomic mass is 35.5. The molecule has 0 saturated carbocycles. The van der Waals surface area contributed by atoms with Crippen LogP contribution in [0.3, 0.4) is 0 Å². The highest BCUT2D eigenvalue weighted by Crippen LogP contribution is 2.25. The molecule has 6 heteroatoms. The molecule has 1 N–H and O–H groups in total. The smallest absolute Gasteiger partial charge is 0.261 e. The topological polar surface area (TPSA) is 58.6 Å². The second kappa shape index (κ2) is 11.0. The van der Waals surface area contributed by atoms with E-state index in [4.69, 9.17) is 16.3 Å². The van der Waals surface area contributed by atoms with Crippen LogP contribution in [-0.4, -0.2) is 35.4 Å². The van der Waals surface area contributed by atoms with Crippen molar-refractivity contribution >= 4 is 34.2 Å². The van der Waals surface area contributed by atoms with Crippen molar-refractivity contribution in [3.05, 3.63) is 77.3 Å². The van der Waals surface area contributed by atoms with E-state index in [2.05, 4.69) is 5.32 Å². The summed E-state index contributed by atoms with van der Waals surface area (Å²) in [4.78, 5) is 27.6. The number of carbonyl (C=O) groups is 2. The van der Waals surface area contributed by atoms with E-state index in [-0.39, 0.29) is 31.0 Å². The first-order valence-corrected chi connectivity index (χ1v) is 11.2. The zero-order valence-electron chi connectivity index (χ0n) is 18.7. The molecule has 0 radical (unpaired) electrons. The third kappa shape index (κ3) is 5.80. The molecule has 0 bridgehead atoms. The van der Waals surface area contributed by atoms with Crippen LogP contribution in [0.15, 0.2) is 66.7 Å². The number of benzene rings is 3. The van der Waals surface area contributed by atoms with Crippen LogP contribution in [0.1, 0.15) is 32.8 Å². The fraction of sp³-hybridized carbons (Fsp3) is 0.308. The minimum Gasteiger partial charge on any atom is -0.483 e. The summed E-state index contributed by atoms with van der Waals surface area (Å²) in [6, 6.07) is 20.2. The van der Waals surface area contributed by atoms with E-state index in [1.807, 2.05) is 74.5 Å². The number of hydrogen-bond acceptors (Lipinski definition) is 3. The summed E-state index contributed by atoms with van der Waals surface area (Å²) in [5, 5.41) is 5.47. The molecule has 0 spiro atoms. The summed E-state index contributed by atoms with van der Waals surface area (Å²) < 4.78 is 5.91. The molecule has 2 atom stereocenters. The normalized spacial score (nSPS) is 12.8. The summed E-state index contributed by atoms with van der Waals surface area (Å²) in [6.07, 6.45) is 0.807. The SMILES string of the molecule is CCC(C)NC(=O)C(C)N(Cc1ccccc1Cl)C(=O)COc1cccc2ccccc12. The second-order valence-corrected chi connectivity index (χ2v) is 8.28. The molecule has 3 aromatic rings. The largest absolute Gasteiger partial charge is 0.483 e. The summed E-state index contributed by atoms with van der Waals surface area (Å²) in [7, 11) is 0. The van der Waals surface area contributed by atoms with Crippen LogP contribution < -0.4 is 10.1 Å². The summed E-state index contributed by atoms with van der Waals surface area (Å²) >= 11 is 6.33. The zero-order chi connectivity index (χ0) is 23.1. The van der Waals surface area contributed by atoms with E-state index in [0.29, 0.717) is 10.8 Å². The van der Waals surface area contributed by atoms with Crippen molar-refractivity contribution in [2.24, 2.45) is 0 Å². The number of carbonyl (C=O) groups excluding carboxylic acids is 2. The van der Waals surface area contributed by atoms with Gasteiger partial charge in [0, 0.05) is 23.0 Å². The lowest BCUT2D eigenvalue weighted by Crippen LogP contribution is -2.50. The number of rotatable bonds is 9. The fourth-order valence-electron chi connectivity index (χ4n) is 3.40. The summed E-state index contributed by atoms with van der Waals surface area (Å²) in [6.45, 7) is 5.70. The Labute approximate surface area is 194 Å². The van der Waals surface area contributed by atoms with E-state index < -0.39 is 6.04 Å². The Bertz CT molecular complexity index is 1080. The first kappa shape index (κ1) is 23.6. The molecule has 168 valence electrons. The molecule has 2 unspecified atom stereocenters. The van der Waals surface area contributed by atoms with Gasteiger partial charge in [0.2, 0.25) is 5.91 Å². The first-order valence-electron chi connectivity index (χ1n) is 10.8. The van der Waals surface area contributed by atoms with Crippen molar-refractivity contribution in [3.63, 3.8) is 0 Å². The highest BCUT2D eigenvalue weighted by molar-refractivity contribution is 6.31. The Morgan fingerprint density at radius 2 is 1.69 bits per heavy atom. The predicted molar refractivity (Wildman–Crippen MR) is 129 cm³/mol. The standard InChI is InChI=1S/C26H29ClN2O3/c1-4-18(2)28-26(31)19(3)29(16-21-11-6-8-14-23(21)27)25(30)17-32-24-15-9-12-20-10-5-7-13-22(20)24/h5-15,18-19H,4,16-17H2,1-3H3,(H,28,31). The molecule has 0 saturated heterocycles. The van der Waals surface area contributed by atoms with E-state index >= 15 is 0 Å². The molecule has 0 aromatic heterocycles. The molecule has 32 heavy (non-hydrogen) atoms. The van der Waals surface area contributed by atoms with Gasteiger partial charge in [-0.2, -0.15) is 0 Å². The lowest BCUT2D eigenvalue weighted by molar-refractivity contribution is -0.142. The first-order chi connectivity index (χ1) is 15.4. The van der Waals surface area contributed by atoms with Crippen molar-refractivity contribution in [2.45, 2.75) is 45.8 Å². The van der Waals surface area contributed by atoms with Crippen molar-refractivity contribution < 1.29 is 14.3 Å². The number of amides is 2. The van der Waals surface area contributed by atoms with E-state index in [1.165, 1.54) is 4.90 Å². The second-order valence-electron chi connectivity index (χ2n) is 7.87. The lowest BCUT2D eigenvalue weighted by Gasteiger charge is -2.30. The van der Waals surface area contributed by atoms with Crippen molar-refractivity contribution in [3.8, 4) is 5.75 Å². The van der Waals surface area contributed by atoms with Crippen molar-refractivity contribution in [1.82, 2.24) is 10.2 Å². The predicted octanol–water partition coefficient (Wildman–Crippen LogP) is 5.20. The van der Waals surface area contributed by atoms with Gasteiger partial charge < -0.3 is 15.0 Å². The molecule has 0 heterocycles. The lowest BCUT2D eigenvalue weighted by atomic mass is 10.1. The van der Waals surface area contributed by atoms with Gasteiger partial charge in [-0.05, 0) is 43.4 Å². The van der Waals surface area contributed by atoms with Gasteiger partial charge in [0.25, 0.3) is 5.91 Å². The van der Waals surface area contributed by atoms with Crippen LogP contribution in [-0.2, 0) is 16.1 Å². The molecule has 3 rings (SSSR count). The number of halogens is 1. The van der Waals surface area contributed by atoms with Gasteiger partial charge in [0.15, 0.2) is 6.61 Å². The van der Waals surface area contributed by atoms with E-state index in [0.717, 1.165) is 22.8 Å². The number of fused-ring (bicyclic) bond motifs is 1. The van der Waals surface area contributed by atoms with Gasteiger partial charge >= 0.3 is 0 Å². The Hall–Kier alpha value is -3.05. The third-order valence-electron chi connectivity index (χ3n) is 5.57. The number of hydrogen-bond donors (Lipinski definition) is 1. The van der Waals surface area contributed by atoms with Crippen LogP contribution in [0.2, 0.25) is 5.02 Å². The Kier molecular flexibility index (Phi) is 8.12. The summed E-state index contributed by atoms with van der Waals surface area (Å²) in [5.74, 6) is 0.139. The van der Waals surface area contributed by atoms with Gasteiger partial charge in [-0.15, -0.1) is 0 Å². The van der Waals surface area contributed by atoms with Crippen LogP contribution >= 0.6 is 11.6 Å². The monoisotopic (exact) mass is 452 g/mol. The molecule has 0 aliphatic carbocycles. The minimum absolute atomic E-state index is 0.0224. The van der Waals surface area contributed by atoms with Gasteiger partial charge in [-0.25, -0.2) is 0 Å². The highest BCUT2D eigenvalue weighted by Gasteiger charge is 2.27. The fourth-order valence-corrected chi connectivity index (χ4v) is 3.60. The number of nitrogens with one attached hydrogen (secondary N) is 1. The van der Waals surface area contributed by atoms with Gasteiger partial charge in [-0.1, -0.05) is 73.1 Å². The Balaban J connectivity index is 1.80. The van der Waals surface area contributed by atoms with Crippen molar-refractivity contribution in [2.75, 3.05) is 6.61 Å². The molecule has 0 aliphatic rings. The zero-order valence-corrected chi connectivity index (χ0v) is 19.4. The quantitative estimate of drug-likeness (QED) is 0.485. The Morgan fingerprint density at radius 3 is 2.44 bits per heavy atom. The maximum Gasteiger partial charge on any atom is 0.261 e. The molecular formula is C26H29ClN2O3. The third-order valence-corrected chi connectivity index (χ3v) is 5.94. The number of nitrogens with zero attached hydrogens (tertiary/aromatic N) is 1. The molecule has 0 aliphatic heterocycles. The Morgan fingerprint density at radius 1 is 1.00 bits per heavy atom. The van der Waals surface area contributed by atoms with Gasteiger partial charge in [-0.3, -0.25) is 9.59 Å². The minimum atomic E-state index is -0.677. The van der Waals surface area contributed by atoms with Crippen LogP contribution in [0, 0.1) is 0 Å². The molecule has 5 nitrogen and oxygen atoms in total.